The first-order valence-electron chi connectivity index (χ1n) is 12.9. The molecule has 2 unspecified atom stereocenters. The summed E-state index contributed by atoms with van der Waals surface area (Å²) >= 11 is 6.26. The van der Waals surface area contributed by atoms with Crippen molar-refractivity contribution in [3.8, 4) is 11.5 Å². The van der Waals surface area contributed by atoms with Gasteiger partial charge in [0.05, 0.1) is 14.2 Å². The molecule has 0 radical (unpaired) electrons. The van der Waals surface area contributed by atoms with E-state index in [2.05, 4.69) is 5.32 Å². The van der Waals surface area contributed by atoms with E-state index in [1.807, 2.05) is 80.6 Å². The second-order valence-electron chi connectivity index (χ2n) is 9.36. The number of aryl methyl sites for hydroxylation is 1. The molecule has 7 heteroatoms. The Morgan fingerprint density at radius 2 is 1.61 bits per heavy atom. The fraction of sp³-hybridized carbons (Fsp3) is 0.355. The van der Waals surface area contributed by atoms with Crippen LogP contribution in [-0.4, -0.2) is 43.0 Å². The van der Waals surface area contributed by atoms with Gasteiger partial charge in [0.2, 0.25) is 11.8 Å². The SMILES string of the molecule is CCC(C)NC(=O)C(Cc1ccccc1)N(Cc1cccc(Cl)c1)C(=O)CCc1ccc(OC)c(OC)c1. The number of nitrogens with zero attached hydrogens (tertiary/aromatic N) is 1. The van der Waals surface area contributed by atoms with E-state index >= 15 is 0 Å². The normalized spacial score (nSPS) is 12.3. The molecule has 0 spiro atoms. The second kappa shape index (κ2) is 14.4. The number of ether oxygens (including phenoxy) is 2. The van der Waals surface area contributed by atoms with Crippen LogP contribution in [0.4, 0.5) is 0 Å². The van der Waals surface area contributed by atoms with E-state index in [-0.39, 0.29) is 30.8 Å². The average Bonchev–Trinajstić information content (AvgIpc) is 2.93. The van der Waals surface area contributed by atoms with Crippen molar-refractivity contribution in [1.82, 2.24) is 10.2 Å². The van der Waals surface area contributed by atoms with Gasteiger partial charge in [-0.2, -0.15) is 0 Å². The maximum absolute atomic E-state index is 13.8. The second-order valence-corrected chi connectivity index (χ2v) is 9.80. The van der Waals surface area contributed by atoms with Crippen molar-refractivity contribution in [1.29, 1.82) is 0 Å². The fourth-order valence-electron chi connectivity index (χ4n) is 4.26. The number of amides is 2. The van der Waals surface area contributed by atoms with Crippen LogP contribution in [0.2, 0.25) is 5.02 Å². The van der Waals surface area contributed by atoms with Gasteiger partial charge in [0.25, 0.3) is 0 Å². The van der Waals surface area contributed by atoms with E-state index in [1.165, 1.54) is 0 Å². The predicted octanol–water partition coefficient (Wildman–Crippen LogP) is 5.84. The number of hydrogen-bond donors (Lipinski definition) is 1. The maximum atomic E-state index is 13.8. The third kappa shape index (κ3) is 8.25. The molecule has 2 amide bonds. The van der Waals surface area contributed by atoms with E-state index in [9.17, 15) is 9.59 Å². The van der Waals surface area contributed by atoms with Gasteiger partial charge in [-0.15, -0.1) is 0 Å². The number of hydrogen-bond acceptors (Lipinski definition) is 4. The summed E-state index contributed by atoms with van der Waals surface area (Å²) in [4.78, 5) is 29.1. The molecule has 0 heterocycles. The molecule has 0 aliphatic rings. The molecular weight excluding hydrogens is 500 g/mol. The van der Waals surface area contributed by atoms with Crippen LogP contribution >= 0.6 is 11.6 Å². The number of carbonyl (C=O) groups is 2. The van der Waals surface area contributed by atoms with Crippen LogP contribution in [0.15, 0.2) is 72.8 Å². The minimum atomic E-state index is -0.678. The van der Waals surface area contributed by atoms with E-state index in [1.54, 1.807) is 25.2 Å². The molecule has 0 aliphatic heterocycles. The molecular formula is C31H37ClN2O4. The number of rotatable bonds is 13. The average molecular weight is 537 g/mol. The van der Waals surface area contributed by atoms with E-state index < -0.39 is 6.04 Å². The summed E-state index contributed by atoms with van der Waals surface area (Å²) in [6, 6.07) is 22.2. The van der Waals surface area contributed by atoms with Crippen molar-refractivity contribution < 1.29 is 19.1 Å². The fourth-order valence-corrected chi connectivity index (χ4v) is 4.47. The summed E-state index contributed by atoms with van der Waals surface area (Å²) in [5.41, 5.74) is 2.80. The molecule has 0 fully saturated rings. The first-order chi connectivity index (χ1) is 18.3. The molecule has 3 aromatic carbocycles. The van der Waals surface area contributed by atoms with Gasteiger partial charge in [0.15, 0.2) is 11.5 Å². The quantitative estimate of drug-likeness (QED) is 0.298. The van der Waals surface area contributed by atoms with Crippen molar-refractivity contribution in [2.24, 2.45) is 0 Å². The van der Waals surface area contributed by atoms with Gasteiger partial charge in [-0.1, -0.05) is 67.1 Å². The Balaban J connectivity index is 1.91. The van der Waals surface area contributed by atoms with Crippen molar-refractivity contribution in [2.45, 2.75) is 58.2 Å². The van der Waals surface area contributed by atoms with Crippen LogP contribution in [0.3, 0.4) is 0 Å². The Hall–Kier alpha value is -3.51. The molecule has 0 aromatic heterocycles. The molecule has 0 saturated heterocycles. The first kappa shape index (κ1) is 29.1. The highest BCUT2D eigenvalue weighted by Gasteiger charge is 2.30. The summed E-state index contributed by atoms with van der Waals surface area (Å²) in [5.74, 6) is 0.975. The van der Waals surface area contributed by atoms with Crippen LogP contribution in [-0.2, 0) is 29.0 Å². The highest BCUT2D eigenvalue weighted by atomic mass is 35.5. The van der Waals surface area contributed by atoms with Gasteiger partial charge >= 0.3 is 0 Å². The Labute approximate surface area is 230 Å². The predicted molar refractivity (Wildman–Crippen MR) is 152 cm³/mol. The van der Waals surface area contributed by atoms with Gasteiger partial charge in [-0.25, -0.2) is 0 Å². The van der Waals surface area contributed by atoms with Gasteiger partial charge < -0.3 is 19.7 Å². The molecule has 6 nitrogen and oxygen atoms in total. The highest BCUT2D eigenvalue weighted by Crippen LogP contribution is 2.28. The lowest BCUT2D eigenvalue weighted by Gasteiger charge is -2.32. The Morgan fingerprint density at radius 3 is 2.26 bits per heavy atom. The standard InChI is InChI=1S/C31H37ClN2O4/c1-5-22(2)33-31(36)27(19-23-10-7-6-8-11-23)34(21-25-12-9-13-26(32)18-25)30(35)17-15-24-14-16-28(37-3)29(20-24)38-4/h6-14,16,18,20,22,27H,5,15,17,19,21H2,1-4H3,(H,33,36). The zero-order valence-corrected chi connectivity index (χ0v) is 23.3. The number of halogens is 1. The highest BCUT2D eigenvalue weighted by molar-refractivity contribution is 6.30. The summed E-state index contributed by atoms with van der Waals surface area (Å²) in [6.07, 6.45) is 1.94. The lowest BCUT2D eigenvalue weighted by atomic mass is 10.0. The summed E-state index contributed by atoms with van der Waals surface area (Å²) in [6.45, 7) is 4.27. The minimum absolute atomic E-state index is 0.00402. The Bertz CT molecular complexity index is 1200. The molecule has 38 heavy (non-hydrogen) atoms. The molecule has 0 aliphatic carbocycles. The summed E-state index contributed by atoms with van der Waals surface area (Å²) in [5, 5.41) is 3.68. The topological polar surface area (TPSA) is 67.9 Å². The smallest absolute Gasteiger partial charge is 0.243 e. The monoisotopic (exact) mass is 536 g/mol. The van der Waals surface area contributed by atoms with Gasteiger partial charge in [0.1, 0.15) is 6.04 Å². The van der Waals surface area contributed by atoms with Gasteiger partial charge in [0, 0.05) is 30.5 Å². The number of carbonyl (C=O) groups excluding carboxylic acids is 2. The van der Waals surface area contributed by atoms with Crippen LogP contribution in [0, 0.1) is 0 Å². The van der Waals surface area contributed by atoms with Crippen LogP contribution in [0.25, 0.3) is 0 Å². The lowest BCUT2D eigenvalue weighted by molar-refractivity contribution is -0.141. The van der Waals surface area contributed by atoms with E-state index in [0.717, 1.165) is 23.1 Å². The number of methoxy groups -OCH3 is 2. The minimum Gasteiger partial charge on any atom is -0.493 e. The van der Waals surface area contributed by atoms with Crippen LogP contribution < -0.4 is 14.8 Å². The molecule has 2 atom stereocenters. The first-order valence-corrected chi connectivity index (χ1v) is 13.3. The van der Waals surface area contributed by atoms with Crippen molar-refractivity contribution >= 4 is 23.4 Å². The molecule has 0 saturated carbocycles. The zero-order chi connectivity index (χ0) is 27.5. The van der Waals surface area contributed by atoms with Crippen LogP contribution in [0.1, 0.15) is 43.4 Å². The maximum Gasteiger partial charge on any atom is 0.243 e. The van der Waals surface area contributed by atoms with Gasteiger partial charge in [-0.3, -0.25) is 9.59 Å². The summed E-state index contributed by atoms with van der Waals surface area (Å²) < 4.78 is 10.8. The molecule has 0 bridgehead atoms. The van der Waals surface area contributed by atoms with Crippen molar-refractivity contribution in [3.05, 3.63) is 94.5 Å². The van der Waals surface area contributed by atoms with E-state index in [4.69, 9.17) is 21.1 Å². The third-order valence-electron chi connectivity index (χ3n) is 6.59. The molecule has 3 aromatic rings. The molecule has 3 rings (SSSR count). The summed E-state index contributed by atoms with van der Waals surface area (Å²) in [7, 11) is 3.18. The molecule has 1 N–H and O–H groups in total. The Kier molecular flexibility index (Phi) is 11.0. The number of nitrogens with one attached hydrogen (secondary N) is 1. The van der Waals surface area contributed by atoms with Crippen LogP contribution in [0.5, 0.6) is 11.5 Å². The van der Waals surface area contributed by atoms with Crippen molar-refractivity contribution in [3.63, 3.8) is 0 Å². The Morgan fingerprint density at radius 1 is 0.895 bits per heavy atom. The van der Waals surface area contributed by atoms with Gasteiger partial charge in [-0.05, 0) is 60.7 Å². The number of benzene rings is 3. The van der Waals surface area contributed by atoms with Crippen molar-refractivity contribution in [2.75, 3.05) is 14.2 Å². The van der Waals surface area contributed by atoms with E-state index in [0.29, 0.717) is 29.4 Å². The zero-order valence-electron chi connectivity index (χ0n) is 22.6. The largest absolute Gasteiger partial charge is 0.493 e. The third-order valence-corrected chi connectivity index (χ3v) is 6.82. The molecule has 202 valence electrons. The lowest BCUT2D eigenvalue weighted by Crippen LogP contribution is -2.52.